The van der Waals surface area contributed by atoms with Crippen molar-refractivity contribution in [3.8, 4) is 6.07 Å². The van der Waals surface area contributed by atoms with Crippen LogP contribution in [0.5, 0.6) is 0 Å². The highest BCUT2D eigenvalue weighted by atomic mass is 16.6. The molecule has 0 bridgehead atoms. The van der Waals surface area contributed by atoms with Crippen molar-refractivity contribution in [1.82, 2.24) is 15.1 Å². The average Bonchev–Trinajstić information content (AvgIpc) is 2.90. The number of nitrogens with one attached hydrogen (secondary N) is 1. The summed E-state index contributed by atoms with van der Waals surface area (Å²) in [5.41, 5.74) is 1.49. The Bertz CT molecular complexity index is 793. The van der Waals surface area contributed by atoms with E-state index in [-0.39, 0.29) is 24.1 Å². The van der Waals surface area contributed by atoms with Crippen LogP contribution in [0.15, 0.2) is 18.2 Å². The van der Waals surface area contributed by atoms with Gasteiger partial charge in [-0.05, 0) is 45.4 Å². The first-order valence-electron chi connectivity index (χ1n) is 9.23. The molecule has 0 spiro atoms. The molecule has 1 aromatic carbocycles. The summed E-state index contributed by atoms with van der Waals surface area (Å²) in [6.07, 6.45) is -0.323. The first-order chi connectivity index (χ1) is 12.7. The molecule has 2 heterocycles. The molecule has 2 aliphatic rings. The summed E-state index contributed by atoms with van der Waals surface area (Å²) in [7, 11) is 0. The quantitative estimate of drug-likeness (QED) is 0.862. The summed E-state index contributed by atoms with van der Waals surface area (Å²) in [6, 6.07) is 7.31. The van der Waals surface area contributed by atoms with Crippen LogP contribution >= 0.6 is 0 Å². The number of hydrogen-bond donors (Lipinski definition) is 1. The van der Waals surface area contributed by atoms with Crippen molar-refractivity contribution in [2.24, 2.45) is 0 Å². The van der Waals surface area contributed by atoms with Crippen molar-refractivity contribution in [2.75, 3.05) is 19.6 Å². The molecule has 7 heteroatoms. The maximum Gasteiger partial charge on any atom is 0.410 e. The molecule has 0 aromatic heterocycles. The second-order valence-electron chi connectivity index (χ2n) is 8.26. The number of fused-ring (bicyclic) bond motifs is 1. The molecule has 0 radical (unpaired) electrons. The largest absolute Gasteiger partial charge is 0.444 e. The minimum atomic E-state index is -0.539. The smallest absolute Gasteiger partial charge is 0.410 e. The molecule has 144 valence electrons. The number of hydrogen-bond acceptors (Lipinski definition) is 5. The summed E-state index contributed by atoms with van der Waals surface area (Å²) < 4.78 is 5.51. The van der Waals surface area contributed by atoms with Crippen molar-refractivity contribution in [3.05, 3.63) is 34.9 Å². The standard InChI is InChI=1S/C20H26N4O3/c1-13-9-22-16(12-24(13)19(26)27-20(2,3)4)11-23-10-15-6-5-14(8-21)7-17(15)18(23)25/h5-7,13,16,22H,9-12H2,1-4H3/t13-,16+/m1/s1. The van der Waals surface area contributed by atoms with E-state index in [1.54, 1.807) is 21.9 Å². The molecular weight excluding hydrogens is 344 g/mol. The van der Waals surface area contributed by atoms with Gasteiger partial charge in [-0.3, -0.25) is 4.79 Å². The van der Waals surface area contributed by atoms with Crippen molar-refractivity contribution in [1.29, 1.82) is 5.26 Å². The summed E-state index contributed by atoms with van der Waals surface area (Å²) in [6.45, 7) is 9.70. The highest BCUT2D eigenvalue weighted by Gasteiger charge is 2.35. The van der Waals surface area contributed by atoms with Gasteiger partial charge in [0.25, 0.3) is 5.91 Å². The lowest BCUT2D eigenvalue weighted by Gasteiger charge is -2.40. The van der Waals surface area contributed by atoms with E-state index >= 15 is 0 Å². The van der Waals surface area contributed by atoms with Crippen LogP contribution in [0.4, 0.5) is 4.79 Å². The molecule has 2 aliphatic heterocycles. The van der Waals surface area contributed by atoms with E-state index in [4.69, 9.17) is 10.00 Å². The fraction of sp³-hybridized carbons (Fsp3) is 0.550. The normalized spacial score (nSPS) is 22.4. The monoisotopic (exact) mass is 370 g/mol. The Morgan fingerprint density at radius 2 is 2.15 bits per heavy atom. The second-order valence-corrected chi connectivity index (χ2v) is 8.26. The van der Waals surface area contributed by atoms with E-state index in [0.717, 1.165) is 5.56 Å². The molecule has 0 saturated carbocycles. The molecule has 2 amide bonds. The van der Waals surface area contributed by atoms with Crippen LogP contribution in [0.1, 0.15) is 49.2 Å². The van der Waals surface area contributed by atoms with E-state index < -0.39 is 5.60 Å². The van der Waals surface area contributed by atoms with Crippen LogP contribution in [-0.4, -0.2) is 59.1 Å². The van der Waals surface area contributed by atoms with E-state index in [0.29, 0.717) is 37.3 Å². The Balaban J connectivity index is 1.65. The Labute approximate surface area is 159 Å². The van der Waals surface area contributed by atoms with Gasteiger partial charge in [0, 0.05) is 43.8 Å². The zero-order valence-corrected chi connectivity index (χ0v) is 16.3. The summed E-state index contributed by atoms with van der Waals surface area (Å²) in [4.78, 5) is 28.7. The number of ether oxygens (including phenoxy) is 1. The number of carbonyl (C=O) groups is 2. The third-order valence-corrected chi connectivity index (χ3v) is 4.84. The van der Waals surface area contributed by atoms with Gasteiger partial charge in [-0.15, -0.1) is 0 Å². The van der Waals surface area contributed by atoms with E-state index in [9.17, 15) is 9.59 Å². The molecule has 3 rings (SSSR count). The van der Waals surface area contributed by atoms with Gasteiger partial charge in [0.05, 0.1) is 11.6 Å². The van der Waals surface area contributed by atoms with Gasteiger partial charge in [-0.1, -0.05) is 6.07 Å². The molecule has 2 atom stereocenters. The van der Waals surface area contributed by atoms with Gasteiger partial charge >= 0.3 is 6.09 Å². The number of nitrogens with zero attached hydrogens (tertiary/aromatic N) is 3. The van der Waals surface area contributed by atoms with Crippen LogP contribution in [0.25, 0.3) is 0 Å². The predicted octanol–water partition coefficient (Wildman–Crippen LogP) is 2.11. The van der Waals surface area contributed by atoms with Crippen molar-refractivity contribution < 1.29 is 14.3 Å². The predicted molar refractivity (Wildman–Crippen MR) is 100 cm³/mol. The van der Waals surface area contributed by atoms with Gasteiger partial charge in [0.15, 0.2) is 0 Å². The van der Waals surface area contributed by atoms with Gasteiger partial charge in [0.1, 0.15) is 5.60 Å². The first-order valence-corrected chi connectivity index (χ1v) is 9.23. The zero-order chi connectivity index (χ0) is 19.8. The van der Waals surface area contributed by atoms with Crippen LogP contribution < -0.4 is 5.32 Å². The molecule has 7 nitrogen and oxygen atoms in total. The Morgan fingerprint density at radius 1 is 1.41 bits per heavy atom. The van der Waals surface area contributed by atoms with Crippen molar-refractivity contribution in [2.45, 2.75) is 51.9 Å². The maximum absolute atomic E-state index is 12.7. The van der Waals surface area contributed by atoms with Crippen LogP contribution in [-0.2, 0) is 11.3 Å². The summed E-state index contributed by atoms with van der Waals surface area (Å²) >= 11 is 0. The number of piperazine rings is 1. The summed E-state index contributed by atoms with van der Waals surface area (Å²) in [5, 5.41) is 12.5. The number of amides is 2. The molecule has 1 aromatic rings. The molecule has 1 saturated heterocycles. The minimum Gasteiger partial charge on any atom is -0.444 e. The minimum absolute atomic E-state index is 0.0255. The molecule has 0 unspecified atom stereocenters. The van der Waals surface area contributed by atoms with Gasteiger partial charge in [-0.2, -0.15) is 5.26 Å². The van der Waals surface area contributed by atoms with E-state index in [1.165, 1.54) is 0 Å². The lowest BCUT2D eigenvalue weighted by Crippen LogP contribution is -2.60. The first kappa shape index (κ1) is 19.2. The lowest BCUT2D eigenvalue weighted by molar-refractivity contribution is 0.00817. The van der Waals surface area contributed by atoms with Crippen molar-refractivity contribution in [3.63, 3.8) is 0 Å². The fourth-order valence-corrected chi connectivity index (χ4v) is 3.47. The second kappa shape index (κ2) is 7.20. The van der Waals surface area contributed by atoms with E-state index in [2.05, 4.69) is 11.4 Å². The van der Waals surface area contributed by atoms with Crippen LogP contribution in [0, 0.1) is 11.3 Å². The summed E-state index contributed by atoms with van der Waals surface area (Å²) in [5.74, 6) is -0.0636. The molecule has 1 fully saturated rings. The Hall–Kier alpha value is -2.59. The van der Waals surface area contributed by atoms with Crippen LogP contribution in [0.3, 0.4) is 0 Å². The average molecular weight is 370 g/mol. The number of benzene rings is 1. The Morgan fingerprint density at radius 3 is 2.81 bits per heavy atom. The molecule has 1 N–H and O–H groups in total. The maximum atomic E-state index is 12.7. The topological polar surface area (TPSA) is 85.7 Å². The third kappa shape index (κ3) is 4.22. The molecule has 0 aliphatic carbocycles. The Kier molecular flexibility index (Phi) is 5.11. The lowest BCUT2D eigenvalue weighted by atomic mass is 10.1. The number of rotatable bonds is 2. The highest BCUT2D eigenvalue weighted by Crippen LogP contribution is 2.24. The highest BCUT2D eigenvalue weighted by molar-refractivity contribution is 5.98. The zero-order valence-electron chi connectivity index (χ0n) is 16.3. The van der Waals surface area contributed by atoms with Crippen molar-refractivity contribution >= 4 is 12.0 Å². The van der Waals surface area contributed by atoms with Gasteiger partial charge in [0.2, 0.25) is 0 Å². The SMILES string of the molecule is C[C@@H]1CN[C@@H](CN2Cc3ccc(C#N)cc3C2=O)CN1C(=O)OC(C)(C)C. The number of carbonyl (C=O) groups excluding carboxylic acids is 2. The molecule has 27 heavy (non-hydrogen) atoms. The van der Waals surface area contributed by atoms with Gasteiger partial charge in [-0.25, -0.2) is 4.79 Å². The van der Waals surface area contributed by atoms with Crippen LogP contribution in [0.2, 0.25) is 0 Å². The fourth-order valence-electron chi connectivity index (χ4n) is 3.47. The van der Waals surface area contributed by atoms with E-state index in [1.807, 2.05) is 33.8 Å². The molecular formula is C20H26N4O3. The van der Waals surface area contributed by atoms with Gasteiger partial charge < -0.3 is 19.9 Å². The number of nitriles is 1. The third-order valence-electron chi connectivity index (χ3n) is 4.84.